The van der Waals surface area contributed by atoms with Gasteiger partial charge in [-0.2, -0.15) is 0 Å². The van der Waals surface area contributed by atoms with Crippen LogP contribution in [0.4, 0.5) is 0 Å². The van der Waals surface area contributed by atoms with Crippen LogP contribution in [-0.2, 0) is 4.74 Å². The number of rotatable bonds is 4. The molecule has 1 heterocycles. The van der Waals surface area contributed by atoms with Crippen molar-refractivity contribution in [2.75, 3.05) is 13.2 Å². The molecule has 1 N–H and O–H groups in total. The Morgan fingerprint density at radius 3 is 2.39 bits per heavy atom. The molecule has 106 valence electrons. The minimum absolute atomic E-state index is 0.469. The number of hydrogen-bond acceptors (Lipinski definition) is 2. The Morgan fingerprint density at radius 2 is 1.83 bits per heavy atom. The monoisotopic (exact) mass is 253 g/mol. The summed E-state index contributed by atoms with van der Waals surface area (Å²) in [5.41, 5.74) is 0. The molecular formula is C16H31NO. The predicted molar refractivity (Wildman–Crippen MR) is 76.7 cm³/mol. The molecule has 0 radical (unpaired) electrons. The molecule has 2 fully saturated rings. The summed E-state index contributed by atoms with van der Waals surface area (Å²) < 4.78 is 5.79. The van der Waals surface area contributed by atoms with Crippen LogP contribution >= 0.6 is 0 Å². The third-order valence-electron chi connectivity index (χ3n) is 5.32. The maximum absolute atomic E-state index is 5.79. The van der Waals surface area contributed by atoms with E-state index >= 15 is 0 Å². The van der Waals surface area contributed by atoms with Crippen LogP contribution in [0, 0.1) is 23.7 Å². The molecule has 1 aliphatic carbocycles. The molecule has 2 nitrogen and oxygen atoms in total. The quantitative estimate of drug-likeness (QED) is 0.828. The third kappa shape index (κ3) is 3.27. The number of hydrogen-bond donors (Lipinski definition) is 1. The first-order chi connectivity index (χ1) is 8.61. The number of nitrogens with one attached hydrogen (secondary N) is 1. The lowest BCUT2D eigenvalue weighted by molar-refractivity contribution is 0.103. The molecule has 6 unspecified atom stereocenters. The average molecular weight is 253 g/mol. The summed E-state index contributed by atoms with van der Waals surface area (Å²) in [5, 5.41) is 3.77. The normalized spacial score (nSPS) is 43.0. The van der Waals surface area contributed by atoms with Crippen molar-refractivity contribution in [3.63, 3.8) is 0 Å². The first-order valence-corrected chi connectivity index (χ1v) is 7.96. The van der Waals surface area contributed by atoms with Gasteiger partial charge < -0.3 is 10.1 Å². The van der Waals surface area contributed by atoms with Gasteiger partial charge >= 0.3 is 0 Å². The highest BCUT2D eigenvalue weighted by Gasteiger charge is 2.37. The van der Waals surface area contributed by atoms with Crippen molar-refractivity contribution >= 4 is 0 Å². The summed E-state index contributed by atoms with van der Waals surface area (Å²) in [6.45, 7) is 11.4. The summed E-state index contributed by atoms with van der Waals surface area (Å²) in [4.78, 5) is 0. The van der Waals surface area contributed by atoms with E-state index in [1.165, 1.54) is 25.7 Å². The van der Waals surface area contributed by atoms with E-state index in [4.69, 9.17) is 4.74 Å². The van der Waals surface area contributed by atoms with E-state index in [0.717, 1.165) is 36.8 Å². The molecule has 0 spiro atoms. The Kier molecular flexibility index (Phi) is 5.08. The van der Waals surface area contributed by atoms with Crippen molar-refractivity contribution in [3.05, 3.63) is 0 Å². The molecule has 0 aromatic heterocycles. The maximum Gasteiger partial charge on any atom is 0.0551 e. The van der Waals surface area contributed by atoms with Crippen LogP contribution in [0.1, 0.15) is 53.4 Å². The lowest BCUT2D eigenvalue weighted by Crippen LogP contribution is -2.45. The molecule has 0 amide bonds. The van der Waals surface area contributed by atoms with E-state index in [-0.39, 0.29) is 0 Å². The SMILES string of the molecule is CCNC(C1COC(C)C1)C1CCC(C)C(C)C1. The minimum atomic E-state index is 0.469. The van der Waals surface area contributed by atoms with Crippen molar-refractivity contribution in [1.82, 2.24) is 5.32 Å². The van der Waals surface area contributed by atoms with Crippen molar-refractivity contribution in [2.45, 2.75) is 65.5 Å². The van der Waals surface area contributed by atoms with E-state index < -0.39 is 0 Å². The zero-order valence-corrected chi connectivity index (χ0v) is 12.6. The molecule has 1 saturated carbocycles. The Balaban J connectivity index is 1.96. The molecule has 2 heteroatoms. The summed E-state index contributed by atoms with van der Waals surface area (Å²) in [6.07, 6.45) is 5.95. The first-order valence-electron chi connectivity index (χ1n) is 7.96. The standard InChI is InChI=1S/C16H31NO/c1-5-17-16(15-9-13(4)18-10-15)14-7-6-11(2)12(3)8-14/h11-17H,5-10H2,1-4H3. The predicted octanol–water partition coefficient (Wildman–Crippen LogP) is 3.46. The van der Waals surface area contributed by atoms with Gasteiger partial charge in [-0.3, -0.25) is 0 Å². The van der Waals surface area contributed by atoms with E-state index in [0.29, 0.717) is 12.1 Å². The van der Waals surface area contributed by atoms with Gasteiger partial charge in [0.2, 0.25) is 0 Å². The van der Waals surface area contributed by atoms with Gasteiger partial charge in [0.05, 0.1) is 12.7 Å². The van der Waals surface area contributed by atoms with Gasteiger partial charge in [0.1, 0.15) is 0 Å². The summed E-state index contributed by atoms with van der Waals surface area (Å²) >= 11 is 0. The summed E-state index contributed by atoms with van der Waals surface area (Å²) in [6, 6.07) is 0.690. The highest BCUT2D eigenvalue weighted by molar-refractivity contribution is 4.90. The molecule has 0 aromatic rings. The largest absolute Gasteiger partial charge is 0.378 e. The molecule has 0 bridgehead atoms. The maximum atomic E-state index is 5.79. The molecule has 2 rings (SSSR count). The fraction of sp³-hybridized carbons (Fsp3) is 1.00. The highest BCUT2D eigenvalue weighted by atomic mass is 16.5. The van der Waals surface area contributed by atoms with Crippen LogP contribution < -0.4 is 5.32 Å². The van der Waals surface area contributed by atoms with Gasteiger partial charge in [0, 0.05) is 12.0 Å². The minimum Gasteiger partial charge on any atom is -0.378 e. The van der Waals surface area contributed by atoms with Crippen LogP contribution in [0.25, 0.3) is 0 Å². The van der Waals surface area contributed by atoms with E-state index in [2.05, 4.69) is 33.0 Å². The Labute approximate surface area is 113 Å². The van der Waals surface area contributed by atoms with Gasteiger partial charge in [-0.1, -0.05) is 27.2 Å². The van der Waals surface area contributed by atoms with E-state index in [1.54, 1.807) is 0 Å². The van der Waals surface area contributed by atoms with Crippen molar-refractivity contribution in [1.29, 1.82) is 0 Å². The van der Waals surface area contributed by atoms with Crippen LogP contribution in [0.15, 0.2) is 0 Å². The molecule has 0 aromatic carbocycles. The summed E-state index contributed by atoms with van der Waals surface area (Å²) in [7, 11) is 0. The van der Waals surface area contributed by atoms with Crippen LogP contribution in [0.5, 0.6) is 0 Å². The Hall–Kier alpha value is -0.0800. The number of ether oxygens (including phenoxy) is 1. The highest BCUT2D eigenvalue weighted by Crippen LogP contribution is 2.38. The second kappa shape index (κ2) is 6.38. The topological polar surface area (TPSA) is 21.3 Å². The zero-order chi connectivity index (χ0) is 13.1. The zero-order valence-electron chi connectivity index (χ0n) is 12.6. The second-order valence-electron chi connectivity index (χ2n) is 6.75. The van der Waals surface area contributed by atoms with Gasteiger partial charge in [-0.05, 0) is 50.5 Å². The Morgan fingerprint density at radius 1 is 1.06 bits per heavy atom. The molecular weight excluding hydrogens is 222 g/mol. The van der Waals surface area contributed by atoms with Gasteiger partial charge in [0.15, 0.2) is 0 Å². The van der Waals surface area contributed by atoms with Gasteiger partial charge in [-0.25, -0.2) is 0 Å². The summed E-state index contributed by atoms with van der Waals surface area (Å²) in [5.74, 6) is 3.42. The molecule has 1 saturated heterocycles. The second-order valence-corrected chi connectivity index (χ2v) is 6.75. The fourth-order valence-corrected chi connectivity index (χ4v) is 3.97. The van der Waals surface area contributed by atoms with Crippen LogP contribution in [0.2, 0.25) is 0 Å². The van der Waals surface area contributed by atoms with Gasteiger partial charge in [0.25, 0.3) is 0 Å². The smallest absolute Gasteiger partial charge is 0.0551 e. The van der Waals surface area contributed by atoms with Crippen molar-refractivity contribution in [3.8, 4) is 0 Å². The third-order valence-corrected chi connectivity index (χ3v) is 5.32. The lowest BCUT2D eigenvalue weighted by Gasteiger charge is -2.39. The van der Waals surface area contributed by atoms with Gasteiger partial charge in [-0.15, -0.1) is 0 Å². The molecule has 2 aliphatic rings. The Bertz CT molecular complexity index is 255. The lowest BCUT2D eigenvalue weighted by atomic mass is 9.70. The van der Waals surface area contributed by atoms with E-state index in [9.17, 15) is 0 Å². The average Bonchev–Trinajstić information content (AvgIpc) is 2.76. The van der Waals surface area contributed by atoms with Crippen LogP contribution in [-0.4, -0.2) is 25.3 Å². The van der Waals surface area contributed by atoms with Crippen molar-refractivity contribution in [2.24, 2.45) is 23.7 Å². The molecule has 6 atom stereocenters. The van der Waals surface area contributed by atoms with Crippen molar-refractivity contribution < 1.29 is 4.74 Å². The fourth-order valence-electron chi connectivity index (χ4n) is 3.97. The molecule has 18 heavy (non-hydrogen) atoms. The van der Waals surface area contributed by atoms with E-state index in [1.807, 2.05) is 0 Å². The molecule has 1 aliphatic heterocycles. The first kappa shape index (κ1) is 14.3. The van der Waals surface area contributed by atoms with Crippen LogP contribution in [0.3, 0.4) is 0 Å².